The van der Waals surface area contributed by atoms with Crippen molar-refractivity contribution in [3.05, 3.63) is 34.3 Å². The van der Waals surface area contributed by atoms with E-state index in [0.29, 0.717) is 12.3 Å². The molecule has 1 saturated carbocycles. The zero-order valence-corrected chi connectivity index (χ0v) is 11.1. The number of hydrogen-bond acceptors (Lipinski definition) is 2. The van der Waals surface area contributed by atoms with Gasteiger partial charge in [0.25, 0.3) is 0 Å². The fraction of sp³-hybridized carbons (Fsp3) is 0.462. The van der Waals surface area contributed by atoms with Gasteiger partial charge >= 0.3 is 5.97 Å². The normalized spacial score (nSPS) is 27.6. The van der Waals surface area contributed by atoms with Crippen molar-refractivity contribution >= 4 is 21.9 Å². The standard InChI is InChI=1S/C13H15BrO2/c1-3-12(15)16-13(8-9(13)2)10-4-6-11(14)7-5-10/h4-7,9H,3,8H2,1-2H3. The van der Waals surface area contributed by atoms with Crippen molar-refractivity contribution in [3.8, 4) is 0 Å². The number of hydrogen-bond donors (Lipinski definition) is 0. The first-order valence-electron chi connectivity index (χ1n) is 5.56. The maximum Gasteiger partial charge on any atom is 0.306 e. The minimum Gasteiger partial charge on any atom is -0.454 e. The molecular formula is C13H15BrO2. The average Bonchev–Trinajstić information content (AvgIpc) is 2.91. The van der Waals surface area contributed by atoms with Crippen LogP contribution in [0, 0.1) is 5.92 Å². The van der Waals surface area contributed by atoms with E-state index in [-0.39, 0.29) is 11.6 Å². The van der Waals surface area contributed by atoms with E-state index in [1.54, 1.807) is 0 Å². The van der Waals surface area contributed by atoms with E-state index in [2.05, 4.69) is 22.9 Å². The van der Waals surface area contributed by atoms with Gasteiger partial charge in [0, 0.05) is 16.8 Å². The second kappa shape index (κ2) is 4.21. The average molecular weight is 283 g/mol. The second-order valence-corrected chi connectivity index (χ2v) is 5.24. The molecule has 2 rings (SSSR count). The molecule has 2 atom stereocenters. The SMILES string of the molecule is CCC(=O)OC1(c2ccc(Br)cc2)CC1C. The van der Waals surface area contributed by atoms with Crippen LogP contribution in [0.15, 0.2) is 28.7 Å². The maximum absolute atomic E-state index is 11.4. The van der Waals surface area contributed by atoms with Crippen LogP contribution >= 0.6 is 15.9 Å². The van der Waals surface area contributed by atoms with Crippen molar-refractivity contribution in [2.45, 2.75) is 32.3 Å². The summed E-state index contributed by atoms with van der Waals surface area (Å²) in [6.07, 6.45) is 1.37. The lowest BCUT2D eigenvalue weighted by Gasteiger charge is -2.18. The van der Waals surface area contributed by atoms with E-state index in [0.717, 1.165) is 16.5 Å². The molecule has 1 aromatic carbocycles. The van der Waals surface area contributed by atoms with Gasteiger partial charge in [0.05, 0.1) is 0 Å². The summed E-state index contributed by atoms with van der Waals surface area (Å²) in [7, 11) is 0. The molecule has 16 heavy (non-hydrogen) atoms. The van der Waals surface area contributed by atoms with E-state index >= 15 is 0 Å². The minimum absolute atomic E-state index is 0.118. The Kier molecular flexibility index (Phi) is 3.06. The third-order valence-electron chi connectivity index (χ3n) is 3.16. The Morgan fingerprint density at radius 1 is 1.50 bits per heavy atom. The number of halogens is 1. The molecule has 0 saturated heterocycles. The summed E-state index contributed by atoms with van der Waals surface area (Å²) in [6, 6.07) is 8.02. The number of rotatable bonds is 3. The van der Waals surface area contributed by atoms with E-state index < -0.39 is 0 Å². The fourth-order valence-electron chi connectivity index (χ4n) is 2.01. The molecule has 1 aromatic rings. The Labute approximate surface area is 104 Å². The van der Waals surface area contributed by atoms with Gasteiger partial charge in [0.2, 0.25) is 0 Å². The highest BCUT2D eigenvalue weighted by molar-refractivity contribution is 9.10. The Bertz CT molecular complexity index is 399. The van der Waals surface area contributed by atoms with Gasteiger partial charge < -0.3 is 4.74 Å². The van der Waals surface area contributed by atoms with Crippen LogP contribution in [0.4, 0.5) is 0 Å². The molecule has 0 heterocycles. The van der Waals surface area contributed by atoms with Gasteiger partial charge in [-0.1, -0.05) is 41.9 Å². The summed E-state index contributed by atoms with van der Waals surface area (Å²) < 4.78 is 6.63. The first-order chi connectivity index (χ1) is 7.58. The van der Waals surface area contributed by atoms with Gasteiger partial charge in [-0.2, -0.15) is 0 Å². The molecule has 0 radical (unpaired) electrons. The number of carbonyl (C=O) groups is 1. The van der Waals surface area contributed by atoms with Crippen molar-refractivity contribution < 1.29 is 9.53 Å². The quantitative estimate of drug-likeness (QED) is 0.792. The third kappa shape index (κ3) is 2.01. The number of carbonyl (C=O) groups excluding carboxylic acids is 1. The largest absolute Gasteiger partial charge is 0.454 e. The van der Waals surface area contributed by atoms with Crippen LogP contribution in [0.5, 0.6) is 0 Å². The first-order valence-corrected chi connectivity index (χ1v) is 6.35. The fourth-order valence-corrected chi connectivity index (χ4v) is 2.27. The van der Waals surface area contributed by atoms with E-state index in [1.165, 1.54) is 0 Å². The lowest BCUT2D eigenvalue weighted by Crippen LogP contribution is -2.19. The van der Waals surface area contributed by atoms with Crippen LogP contribution in [0.25, 0.3) is 0 Å². The summed E-state index contributed by atoms with van der Waals surface area (Å²) in [5, 5.41) is 0. The van der Waals surface area contributed by atoms with E-state index in [1.807, 2.05) is 31.2 Å². The molecule has 0 bridgehead atoms. The Hall–Kier alpha value is -0.830. The monoisotopic (exact) mass is 282 g/mol. The number of ether oxygens (including phenoxy) is 1. The molecule has 1 aliphatic carbocycles. The number of benzene rings is 1. The first kappa shape index (κ1) is 11.6. The molecule has 1 aliphatic rings. The smallest absolute Gasteiger partial charge is 0.306 e. The highest BCUT2D eigenvalue weighted by Crippen LogP contribution is 2.55. The summed E-state index contributed by atoms with van der Waals surface area (Å²) in [4.78, 5) is 11.4. The second-order valence-electron chi connectivity index (χ2n) is 4.33. The Morgan fingerprint density at radius 2 is 2.06 bits per heavy atom. The van der Waals surface area contributed by atoms with Crippen LogP contribution in [-0.4, -0.2) is 5.97 Å². The predicted octanol–water partition coefficient (Wildman–Crippen LogP) is 3.64. The minimum atomic E-state index is -0.353. The molecule has 86 valence electrons. The lowest BCUT2D eigenvalue weighted by molar-refractivity contribution is -0.152. The summed E-state index contributed by atoms with van der Waals surface area (Å²) in [5.74, 6) is 0.302. The third-order valence-corrected chi connectivity index (χ3v) is 3.69. The predicted molar refractivity (Wildman–Crippen MR) is 66.0 cm³/mol. The van der Waals surface area contributed by atoms with Crippen molar-refractivity contribution in [1.29, 1.82) is 0 Å². The van der Waals surface area contributed by atoms with Gasteiger partial charge in [-0.25, -0.2) is 0 Å². The lowest BCUT2D eigenvalue weighted by atomic mass is 10.1. The van der Waals surface area contributed by atoms with E-state index in [4.69, 9.17) is 4.74 Å². The Balaban J connectivity index is 2.22. The summed E-state index contributed by atoms with van der Waals surface area (Å²) in [6.45, 7) is 3.94. The zero-order chi connectivity index (χ0) is 11.8. The van der Waals surface area contributed by atoms with Crippen molar-refractivity contribution in [1.82, 2.24) is 0 Å². The molecule has 0 aromatic heterocycles. The molecule has 0 amide bonds. The highest BCUT2D eigenvalue weighted by Gasteiger charge is 2.56. The molecule has 1 fully saturated rings. The maximum atomic E-state index is 11.4. The van der Waals surface area contributed by atoms with Gasteiger partial charge in [-0.15, -0.1) is 0 Å². The number of esters is 1. The highest BCUT2D eigenvalue weighted by atomic mass is 79.9. The van der Waals surface area contributed by atoms with Gasteiger partial charge in [-0.3, -0.25) is 4.79 Å². The molecule has 0 spiro atoms. The van der Waals surface area contributed by atoms with Crippen LogP contribution < -0.4 is 0 Å². The van der Waals surface area contributed by atoms with Gasteiger partial charge in [0.1, 0.15) is 5.60 Å². The summed E-state index contributed by atoms with van der Waals surface area (Å²) in [5.41, 5.74) is 0.748. The van der Waals surface area contributed by atoms with Crippen molar-refractivity contribution in [2.24, 2.45) is 5.92 Å². The van der Waals surface area contributed by atoms with Gasteiger partial charge in [-0.05, 0) is 24.1 Å². The molecule has 3 heteroatoms. The molecule has 0 N–H and O–H groups in total. The Morgan fingerprint density at radius 3 is 2.50 bits per heavy atom. The van der Waals surface area contributed by atoms with Crippen LogP contribution in [-0.2, 0) is 15.1 Å². The summed E-state index contributed by atoms with van der Waals surface area (Å²) >= 11 is 3.40. The molecule has 2 nitrogen and oxygen atoms in total. The van der Waals surface area contributed by atoms with Crippen molar-refractivity contribution in [3.63, 3.8) is 0 Å². The molecular weight excluding hydrogens is 268 g/mol. The van der Waals surface area contributed by atoms with Crippen molar-refractivity contribution in [2.75, 3.05) is 0 Å². The molecule has 2 unspecified atom stereocenters. The zero-order valence-electron chi connectivity index (χ0n) is 9.50. The van der Waals surface area contributed by atoms with Crippen LogP contribution in [0.1, 0.15) is 32.3 Å². The van der Waals surface area contributed by atoms with E-state index in [9.17, 15) is 4.79 Å². The van der Waals surface area contributed by atoms with Crippen LogP contribution in [0.2, 0.25) is 0 Å². The molecule has 0 aliphatic heterocycles. The van der Waals surface area contributed by atoms with Gasteiger partial charge in [0.15, 0.2) is 0 Å². The topological polar surface area (TPSA) is 26.3 Å². The van der Waals surface area contributed by atoms with Crippen LogP contribution in [0.3, 0.4) is 0 Å².